The van der Waals surface area contributed by atoms with Gasteiger partial charge in [-0.3, -0.25) is 4.98 Å². The van der Waals surface area contributed by atoms with E-state index in [4.69, 9.17) is 11.6 Å². The van der Waals surface area contributed by atoms with Gasteiger partial charge in [-0.2, -0.15) is 0 Å². The smallest absolute Gasteiger partial charge is 0.0708 e. The molecule has 0 atom stereocenters. The maximum absolute atomic E-state index is 5.70. The van der Waals surface area contributed by atoms with Crippen molar-refractivity contribution in [1.82, 2.24) is 4.98 Å². The van der Waals surface area contributed by atoms with Crippen LogP contribution >= 0.6 is 11.6 Å². The van der Waals surface area contributed by atoms with E-state index in [1.165, 1.54) is 10.9 Å². The second kappa shape index (κ2) is 3.35. The van der Waals surface area contributed by atoms with Crippen LogP contribution in [0.2, 0.25) is 0 Å². The first-order valence-electron chi connectivity index (χ1n) is 4.22. The van der Waals surface area contributed by atoms with Crippen LogP contribution in [0.15, 0.2) is 30.3 Å². The summed E-state index contributed by atoms with van der Waals surface area (Å²) in [6.07, 6.45) is 0. The Hall–Kier alpha value is -1.08. The monoisotopic (exact) mass is 191 g/mol. The van der Waals surface area contributed by atoms with Crippen LogP contribution in [0.1, 0.15) is 11.3 Å². The number of fused-ring (bicyclic) bond motifs is 1. The normalized spacial score (nSPS) is 10.6. The molecule has 1 aromatic carbocycles. The highest BCUT2D eigenvalue weighted by molar-refractivity contribution is 6.16. The zero-order valence-electron chi connectivity index (χ0n) is 7.42. The first-order chi connectivity index (χ1) is 6.29. The molecule has 0 N–H and O–H groups in total. The molecule has 0 radical (unpaired) electrons. The van der Waals surface area contributed by atoms with E-state index in [2.05, 4.69) is 36.2 Å². The largest absolute Gasteiger partial charge is 0.252 e. The highest BCUT2D eigenvalue weighted by Gasteiger charge is 1.96. The van der Waals surface area contributed by atoms with Crippen molar-refractivity contribution in [3.63, 3.8) is 0 Å². The number of nitrogens with zero attached hydrogens (tertiary/aromatic N) is 1. The predicted octanol–water partition coefficient (Wildman–Crippen LogP) is 3.28. The molecule has 0 fully saturated rings. The number of rotatable bonds is 1. The zero-order valence-corrected chi connectivity index (χ0v) is 8.17. The molecular formula is C11H10ClN. The minimum atomic E-state index is 0.476. The van der Waals surface area contributed by atoms with E-state index in [1.54, 1.807) is 0 Å². The van der Waals surface area contributed by atoms with Crippen molar-refractivity contribution < 1.29 is 0 Å². The minimum absolute atomic E-state index is 0.476. The summed E-state index contributed by atoms with van der Waals surface area (Å²) in [5, 5.41) is 1.17. The van der Waals surface area contributed by atoms with Crippen LogP contribution in [0, 0.1) is 6.92 Å². The van der Waals surface area contributed by atoms with Gasteiger partial charge in [0.25, 0.3) is 0 Å². The number of hydrogen-bond donors (Lipinski definition) is 0. The highest BCUT2D eigenvalue weighted by Crippen LogP contribution is 2.14. The quantitative estimate of drug-likeness (QED) is 0.631. The van der Waals surface area contributed by atoms with Gasteiger partial charge < -0.3 is 0 Å². The summed E-state index contributed by atoms with van der Waals surface area (Å²) >= 11 is 5.70. The SMILES string of the molecule is Cc1ccc2ccc(CCl)nc2c1. The summed E-state index contributed by atoms with van der Waals surface area (Å²) in [4.78, 5) is 4.42. The van der Waals surface area contributed by atoms with Crippen molar-refractivity contribution in [3.05, 3.63) is 41.6 Å². The van der Waals surface area contributed by atoms with E-state index in [1.807, 2.05) is 6.07 Å². The van der Waals surface area contributed by atoms with Crippen LogP contribution in [0.4, 0.5) is 0 Å². The van der Waals surface area contributed by atoms with Crippen molar-refractivity contribution in [2.45, 2.75) is 12.8 Å². The van der Waals surface area contributed by atoms with Crippen molar-refractivity contribution in [2.24, 2.45) is 0 Å². The molecule has 1 aromatic heterocycles. The van der Waals surface area contributed by atoms with Gasteiger partial charge in [-0.05, 0) is 24.6 Å². The van der Waals surface area contributed by atoms with E-state index >= 15 is 0 Å². The third-order valence-electron chi connectivity index (χ3n) is 2.04. The molecular weight excluding hydrogens is 182 g/mol. The number of hydrogen-bond acceptors (Lipinski definition) is 1. The lowest BCUT2D eigenvalue weighted by Gasteiger charge is -2.00. The molecule has 0 amide bonds. The molecule has 2 aromatic rings. The van der Waals surface area contributed by atoms with Gasteiger partial charge in [0.1, 0.15) is 0 Å². The van der Waals surface area contributed by atoms with Crippen LogP contribution in [-0.4, -0.2) is 4.98 Å². The lowest BCUT2D eigenvalue weighted by atomic mass is 10.1. The van der Waals surface area contributed by atoms with Gasteiger partial charge in [0.2, 0.25) is 0 Å². The molecule has 0 aliphatic carbocycles. The van der Waals surface area contributed by atoms with Crippen LogP contribution < -0.4 is 0 Å². The summed E-state index contributed by atoms with van der Waals surface area (Å²) in [5.74, 6) is 0.476. The first-order valence-corrected chi connectivity index (χ1v) is 4.75. The van der Waals surface area contributed by atoms with Gasteiger partial charge in [-0.15, -0.1) is 11.6 Å². The van der Waals surface area contributed by atoms with Crippen LogP contribution in [-0.2, 0) is 5.88 Å². The average Bonchev–Trinajstić information content (AvgIpc) is 2.16. The summed E-state index contributed by atoms with van der Waals surface area (Å²) in [7, 11) is 0. The molecule has 13 heavy (non-hydrogen) atoms. The number of aromatic nitrogens is 1. The number of aryl methyl sites for hydroxylation is 1. The van der Waals surface area contributed by atoms with Gasteiger partial charge in [0.15, 0.2) is 0 Å². The molecule has 66 valence electrons. The lowest BCUT2D eigenvalue weighted by molar-refractivity contribution is 1.21. The Bertz CT molecular complexity index is 437. The fraction of sp³-hybridized carbons (Fsp3) is 0.182. The maximum atomic E-state index is 5.70. The van der Waals surface area contributed by atoms with Gasteiger partial charge >= 0.3 is 0 Å². The standard InChI is InChI=1S/C11H10ClN/c1-8-2-3-9-4-5-10(7-12)13-11(9)6-8/h2-6H,7H2,1H3. The first kappa shape index (κ1) is 8.52. The van der Waals surface area contributed by atoms with Gasteiger partial charge in [0, 0.05) is 5.39 Å². The van der Waals surface area contributed by atoms with Crippen LogP contribution in [0.3, 0.4) is 0 Å². The Labute approximate surface area is 82.4 Å². The molecule has 0 aliphatic rings. The summed E-state index contributed by atoms with van der Waals surface area (Å²) in [6, 6.07) is 10.3. The lowest BCUT2D eigenvalue weighted by Crippen LogP contribution is -1.86. The third kappa shape index (κ3) is 1.65. The summed E-state index contributed by atoms with van der Waals surface area (Å²) in [5.41, 5.74) is 3.18. The Morgan fingerprint density at radius 3 is 2.77 bits per heavy atom. The van der Waals surface area contributed by atoms with E-state index in [0.717, 1.165) is 11.2 Å². The van der Waals surface area contributed by atoms with Crippen LogP contribution in [0.25, 0.3) is 10.9 Å². The third-order valence-corrected chi connectivity index (χ3v) is 2.32. The van der Waals surface area contributed by atoms with Crippen molar-refractivity contribution in [1.29, 1.82) is 0 Å². The Kier molecular flexibility index (Phi) is 2.19. The predicted molar refractivity (Wildman–Crippen MR) is 56.0 cm³/mol. The molecule has 2 rings (SSSR count). The number of alkyl halides is 1. The second-order valence-electron chi connectivity index (χ2n) is 3.13. The summed E-state index contributed by atoms with van der Waals surface area (Å²) < 4.78 is 0. The molecule has 1 heterocycles. The zero-order chi connectivity index (χ0) is 9.26. The molecule has 0 bridgehead atoms. The molecule has 0 saturated heterocycles. The molecule has 2 heteroatoms. The van der Waals surface area contributed by atoms with E-state index in [0.29, 0.717) is 5.88 Å². The van der Waals surface area contributed by atoms with Gasteiger partial charge in [0.05, 0.1) is 17.1 Å². The molecule has 0 unspecified atom stereocenters. The van der Waals surface area contributed by atoms with E-state index in [-0.39, 0.29) is 0 Å². The number of benzene rings is 1. The Morgan fingerprint density at radius 2 is 2.00 bits per heavy atom. The van der Waals surface area contributed by atoms with Crippen molar-refractivity contribution in [3.8, 4) is 0 Å². The van der Waals surface area contributed by atoms with E-state index in [9.17, 15) is 0 Å². The highest BCUT2D eigenvalue weighted by atomic mass is 35.5. The Morgan fingerprint density at radius 1 is 1.23 bits per heavy atom. The van der Waals surface area contributed by atoms with E-state index < -0.39 is 0 Å². The van der Waals surface area contributed by atoms with Gasteiger partial charge in [-0.25, -0.2) is 0 Å². The topological polar surface area (TPSA) is 12.9 Å². The van der Waals surface area contributed by atoms with Crippen molar-refractivity contribution in [2.75, 3.05) is 0 Å². The summed E-state index contributed by atoms with van der Waals surface area (Å²) in [6.45, 7) is 2.06. The van der Waals surface area contributed by atoms with Gasteiger partial charge in [-0.1, -0.05) is 18.2 Å². The molecule has 0 aliphatic heterocycles. The van der Waals surface area contributed by atoms with Crippen molar-refractivity contribution >= 4 is 22.5 Å². The fourth-order valence-electron chi connectivity index (χ4n) is 1.34. The fourth-order valence-corrected chi connectivity index (χ4v) is 1.49. The molecule has 0 spiro atoms. The minimum Gasteiger partial charge on any atom is -0.252 e. The average molecular weight is 192 g/mol. The Balaban J connectivity index is 2.68. The number of halogens is 1. The second-order valence-corrected chi connectivity index (χ2v) is 3.40. The van der Waals surface area contributed by atoms with Crippen LogP contribution in [0.5, 0.6) is 0 Å². The molecule has 1 nitrogen and oxygen atoms in total. The molecule has 0 saturated carbocycles. The maximum Gasteiger partial charge on any atom is 0.0708 e. The number of pyridine rings is 1.